The Morgan fingerprint density at radius 1 is 1.03 bits per heavy atom. The number of piperazine rings is 1. The number of benzene rings is 3. The van der Waals surface area contributed by atoms with E-state index in [-0.39, 0.29) is 23.1 Å². The lowest BCUT2D eigenvalue weighted by Gasteiger charge is -2.37. The van der Waals surface area contributed by atoms with Crippen LogP contribution in [0, 0.1) is 0 Å². The smallest absolute Gasteiger partial charge is 0.508 e. The molecule has 1 atom stereocenters. The van der Waals surface area contributed by atoms with Crippen molar-refractivity contribution in [3.8, 4) is 22.6 Å². The third-order valence-corrected chi connectivity index (χ3v) is 5.73. The molecule has 1 fully saturated rings. The Bertz CT molecular complexity index is 1070. The summed E-state index contributed by atoms with van der Waals surface area (Å²) < 4.78 is 43.1. The van der Waals surface area contributed by atoms with Gasteiger partial charge >= 0.3 is 6.36 Å². The van der Waals surface area contributed by atoms with E-state index < -0.39 is 6.36 Å². The first-order valence-electron chi connectivity index (χ1n) is 10.2. The van der Waals surface area contributed by atoms with Crippen LogP contribution < -0.4 is 10.1 Å². The van der Waals surface area contributed by atoms with Gasteiger partial charge in [-0.1, -0.05) is 48.0 Å². The maximum Gasteiger partial charge on any atom is 0.573 e. The van der Waals surface area contributed by atoms with Crippen molar-refractivity contribution in [1.29, 1.82) is 0 Å². The standard InChI is InChI=1S/C24H22ClF3N2O2/c25-18-7-5-16(6-8-18)22-14-29-11-12-30(22)15-17-3-1-2-4-20(17)21-13-19(31)9-10-23(21)32-24(26,27)28/h1-10,13,22,29,31H,11-12,14-15H2. The molecular weight excluding hydrogens is 441 g/mol. The van der Waals surface area contributed by atoms with E-state index in [9.17, 15) is 18.3 Å². The molecule has 32 heavy (non-hydrogen) atoms. The molecule has 1 aliphatic rings. The van der Waals surface area contributed by atoms with Crippen molar-refractivity contribution < 1.29 is 23.0 Å². The minimum atomic E-state index is -4.83. The number of aromatic hydroxyl groups is 1. The Morgan fingerprint density at radius 2 is 1.78 bits per heavy atom. The van der Waals surface area contributed by atoms with E-state index in [4.69, 9.17) is 11.6 Å². The zero-order valence-corrected chi connectivity index (χ0v) is 17.8. The molecule has 1 saturated heterocycles. The van der Waals surface area contributed by atoms with E-state index in [1.165, 1.54) is 12.1 Å². The zero-order chi connectivity index (χ0) is 22.7. The highest BCUT2D eigenvalue weighted by Gasteiger charge is 2.33. The lowest BCUT2D eigenvalue weighted by molar-refractivity contribution is -0.274. The summed E-state index contributed by atoms with van der Waals surface area (Å²) in [5.41, 5.74) is 2.72. The summed E-state index contributed by atoms with van der Waals surface area (Å²) in [5, 5.41) is 14.0. The molecule has 0 aliphatic carbocycles. The van der Waals surface area contributed by atoms with E-state index in [1.54, 1.807) is 12.1 Å². The van der Waals surface area contributed by atoms with Gasteiger partial charge in [-0.15, -0.1) is 13.2 Å². The van der Waals surface area contributed by atoms with Crippen LogP contribution in [0.1, 0.15) is 17.2 Å². The van der Waals surface area contributed by atoms with Gasteiger partial charge in [0.1, 0.15) is 11.5 Å². The Hall–Kier alpha value is -2.74. The predicted molar refractivity (Wildman–Crippen MR) is 118 cm³/mol. The molecule has 0 saturated carbocycles. The minimum absolute atomic E-state index is 0.0872. The fourth-order valence-electron chi connectivity index (χ4n) is 4.03. The van der Waals surface area contributed by atoms with Crippen LogP contribution in [0.15, 0.2) is 66.7 Å². The SMILES string of the molecule is Oc1ccc(OC(F)(F)F)c(-c2ccccc2CN2CCNCC2c2ccc(Cl)cc2)c1. The molecule has 3 aromatic rings. The fourth-order valence-corrected chi connectivity index (χ4v) is 4.16. The number of hydrogen-bond donors (Lipinski definition) is 2. The quantitative estimate of drug-likeness (QED) is 0.506. The van der Waals surface area contributed by atoms with Crippen molar-refractivity contribution in [2.24, 2.45) is 0 Å². The van der Waals surface area contributed by atoms with Crippen LogP contribution >= 0.6 is 11.6 Å². The molecule has 0 amide bonds. The molecule has 1 aliphatic heterocycles. The lowest BCUT2D eigenvalue weighted by Crippen LogP contribution is -2.45. The number of rotatable bonds is 5. The van der Waals surface area contributed by atoms with Gasteiger partial charge in [0.05, 0.1) is 0 Å². The molecular formula is C24H22ClF3N2O2. The Balaban J connectivity index is 1.68. The van der Waals surface area contributed by atoms with Crippen LogP contribution in [0.3, 0.4) is 0 Å². The largest absolute Gasteiger partial charge is 0.573 e. The first-order chi connectivity index (χ1) is 15.3. The van der Waals surface area contributed by atoms with Crippen molar-refractivity contribution in [1.82, 2.24) is 10.2 Å². The Kier molecular flexibility index (Phi) is 6.60. The second kappa shape index (κ2) is 9.40. The molecule has 0 aromatic heterocycles. The molecule has 168 valence electrons. The Morgan fingerprint density at radius 3 is 2.53 bits per heavy atom. The monoisotopic (exact) mass is 462 g/mol. The van der Waals surface area contributed by atoms with Gasteiger partial charge in [0.25, 0.3) is 0 Å². The molecule has 3 aromatic carbocycles. The van der Waals surface area contributed by atoms with Crippen LogP contribution in [0.4, 0.5) is 13.2 Å². The maximum atomic E-state index is 13.0. The maximum absolute atomic E-state index is 13.0. The molecule has 1 unspecified atom stereocenters. The van der Waals surface area contributed by atoms with Crippen molar-refractivity contribution in [2.45, 2.75) is 18.9 Å². The number of halogens is 4. The number of hydrogen-bond acceptors (Lipinski definition) is 4. The molecule has 2 N–H and O–H groups in total. The van der Waals surface area contributed by atoms with Crippen LogP contribution in [-0.2, 0) is 6.54 Å². The van der Waals surface area contributed by atoms with Gasteiger partial charge in [0.2, 0.25) is 0 Å². The van der Waals surface area contributed by atoms with E-state index in [2.05, 4.69) is 15.0 Å². The van der Waals surface area contributed by atoms with Crippen molar-refractivity contribution in [3.63, 3.8) is 0 Å². The number of nitrogens with one attached hydrogen (secondary N) is 1. The van der Waals surface area contributed by atoms with Gasteiger partial charge in [-0.25, -0.2) is 0 Å². The second-order valence-corrected chi connectivity index (χ2v) is 8.06. The first kappa shape index (κ1) is 22.5. The number of nitrogens with zero attached hydrogens (tertiary/aromatic N) is 1. The van der Waals surface area contributed by atoms with E-state index in [0.29, 0.717) is 17.1 Å². The molecule has 4 rings (SSSR count). The average molecular weight is 463 g/mol. The molecule has 8 heteroatoms. The highest BCUT2D eigenvalue weighted by molar-refractivity contribution is 6.30. The molecule has 4 nitrogen and oxygen atoms in total. The highest BCUT2D eigenvalue weighted by Crippen LogP contribution is 2.39. The number of ether oxygens (including phenoxy) is 1. The normalized spacial score (nSPS) is 17.3. The van der Waals surface area contributed by atoms with E-state index in [1.807, 2.05) is 36.4 Å². The van der Waals surface area contributed by atoms with Crippen molar-refractivity contribution in [2.75, 3.05) is 19.6 Å². The van der Waals surface area contributed by atoms with Crippen LogP contribution in [0.5, 0.6) is 11.5 Å². The predicted octanol–water partition coefficient (Wildman–Crippen LogP) is 5.76. The highest BCUT2D eigenvalue weighted by atomic mass is 35.5. The zero-order valence-electron chi connectivity index (χ0n) is 17.1. The summed E-state index contributed by atoms with van der Waals surface area (Å²) in [6.07, 6.45) is -4.83. The van der Waals surface area contributed by atoms with Crippen LogP contribution in [-0.4, -0.2) is 36.0 Å². The van der Waals surface area contributed by atoms with Crippen molar-refractivity contribution >= 4 is 11.6 Å². The van der Waals surface area contributed by atoms with Crippen LogP contribution in [0.2, 0.25) is 5.02 Å². The van der Waals surface area contributed by atoms with Gasteiger partial charge in [0.15, 0.2) is 0 Å². The van der Waals surface area contributed by atoms with Gasteiger partial charge in [-0.3, -0.25) is 4.90 Å². The fraction of sp³-hybridized carbons (Fsp3) is 0.250. The Labute approximate surface area is 189 Å². The first-order valence-corrected chi connectivity index (χ1v) is 10.6. The lowest BCUT2D eigenvalue weighted by atomic mass is 9.96. The summed E-state index contributed by atoms with van der Waals surface area (Å²) in [6, 6.07) is 18.6. The van der Waals surface area contributed by atoms with Gasteiger partial charge in [-0.05, 0) is 47.0 Å². The van der Waals surface area contributed by atoms with Gasteiger partial charge in [0, 0.05) is 42.8 Å². The topological polar surface area (TPSA) is 44.7 Å². The summed E-state index contributed by atoms with van der Waals surface area (Å²) in [7, 11) is 0. The summed E-state index contributed by atoms with van der Waals surface area (Å²) in [4.78, 5) is 2.28. The third-order valence-electron chi connectivity index (χ3n) is 5.48. The molecule has 0 spiro atoms. The van der Waals surface area contributed by atoms with Gasteiger partial charge < -0.3 is 15.2 Å². The number of alkyl halides is 3. The van der Waals surface area contributed by atoms with E-state index in [0.717, 1.165) is 36.8 Å². The summed E-state index contributed by atoms with van der Waals surface area (Å²) in [5.74, 6) is -0.483. The summed E-state index contributed by atoms with van der Waals surface area (Å²) >= 11 is 6.04. The molecule has 0 bridgehead atoms. The van der Waals surface area contributed by atoms with E-state index >= 15 is 0 Å². The van der Waals surface area contributed by atoms with Crippen molar-refractivity contribution in [3.05, 3.63) is 82.9 Å². The second-order valence-electron chi connectivity index (χ2n) is 7.63. The minimum Gasteiger partial charge on any atom is -0.508 e. The molecule has 0 radical (unpaired) electrons. The third kappa shape index (κ3) is 5.35. The number of phenols is 1. The number of phenolic OH excluding ortho intramolecular Hbond substituents is 1. The summed E-state index contributed by atoms with van der Waals surface area (Å²) in [6.45, 7) is 2.85. The van der Waals surface area contributed by atoms with Crippen LogP contribution in [0.25, 0.3) is 11.1 Å². The molecule has 1 heterocycles. The average Bonchev–Trinajstić information content (AvgIpc) is 2.76. The van der Waals surface area contributed by atoms with Gasteiger partial charge in [-0.2, -0.15) is 0 Å².